The lowest BCUT2D eigenvalue weighted by molar-refractivity contribution is -0.124. The second-order valence-corrected chi connectivity index (χ2v) is 10.8. The van der Waals surface area contributed by atoms with Gasteiger partial charge in [-0.05, 0) is 69.0 Å². The van der Waals surface area contributed by atoms with Crippen molar-refractivity contribution in [3.05, 3.63) is 65.2 Å². The van der Waals surface area contributed by atoms with Crippen molar-refractivity contribution < 1.29 is 13.2 Å². The van der Waals surface area contributed by atoms with E-state index in [-0.39, 0.29) is 10.8 Å². The third kappa shape index (κ3) is 5.22. The van der Waals surface area contributed by atoms with E-state index in [1.807, 2.05) is 19.1 Å². The summed E-state index contributed by atoms with van der Waals surface area (Å²) < 4.78 is 27.7. The Labute approximate surface area is 191 Å². The zero-order valence-electron chi connectivity index (χ0n) is 18.8. The first-order chi connectivity index (χ1) is 15.4. The number of nitrogens with one attached hydrogen (secondary N) is 1. The first-order valence-electron chi connectivity index (χ1n) is 11.6. The molecule has 0 radical (unpaired) electrons. The Hall–Kier alpha value is -2.22. The lowest BCUT2D eigenvalue weighted by Crippen LogP contribution is -2.45. The zero-order valence-corrected chi connectivity index (χ0v) is 19.6. The Balaban J connectivity index is 1.42. The molecule has 0 saturated carbocycles. The molecule has 172 valence electrons. The normalized spacial score (nSPS) is 20.3. The number of amides is 1. The molecule has 0 bridgehead atoms. The molecule has 6 nitrogen and oxygen atoms in total. The van der Waals surface area contributed by atoms with Gasteiger partial charge in [-0.3, -0.25) is 9.69 Å². The van der Waals surface area contributed by atoms with Crippen LogP contribution in [-0.2, 0) is 27.9 Å². The maximum absolute atomic E-state index is 13.2. The fraction of sp³-hybridized carbons (Fsp3) is 0.480. The van der Waals surface area contributed by atoms with Gasteiger partial charge in [0, 0.05) is 19.6 Å². The number of rotatable bonds is 7. The Morgan fingerprint density at radius 1 is 0.938 bits per heavy atom. The highest BCUT2D eigenvalue weighted by Crippen LogP contribution is 2.26. The van der Waals surface area contributed by atoms with Crippen LogP contribution in [0.5, 0.6) is 0 Å². The van der Waals surface area contributed by atoms with Crippen LogP contribution in [0.4, 0.5) is 0 Å². The third-order valence-corrected chi connectivity index (χ3v) is 8.47. The largest absolute Gasteiger partial charge is 0.351 e. The zero-order chi connectivity index (χ0) is 22.6. The lowest BCUT2D eigenvalue weighted by atomic mass is 10.0. The van der Waals surface area contributed by atoms with E-state index in [1.165, 1.54) is 29.1 Å². The van der Waals surface area contributed by atoms with Crippen molar-refractivity contribution in [1.82, 2.24) is 14.5 Å². The minimum atomic E-state index is -3.69. The number of nitrogens with zero attached hydrogens (tertiary/aromatic N) is 2. The molecule has 2 aromatic carbocycles. The standard InChI is InChI=1S/C25H33N3O3S/c1-20-11-13-23(14-12-20)32(30,31)28-17-7-10-24(28)25(29)26-18-21-8-3-4-9-22(21)19-27-15-5-2-6-16-27/h3-4,8-9,11-14,24H,2,5-7,10,15-19H2,1H3,(H,26,29)/t24-/m0/s1. The quantitative estimate of drug-likeness (QED) is 0.694. The monoisotopic (exact) mass is 455 g/mol. The van der Waals surface area contributed by atoms with Gasteiger partial charge in [-0.25, -0.2) is 8.42 Å². The number of aryl methyl sites for hydroxylation is 1. The first-order valence-corrected chi connectivity index (χ1v) is 13.0. The SMILES string of the molecule is Cc1ccc(S(=O)(=O)N2CCC[C@H]2C(=O)NCc2ccccc2CN2CCCCC2)cc1. The van der Waals surface area contributed by atoms with E-state index in [0.717, 1.165) is 30.8 Å². The molecule has 2 aliphatic heterocycles. The van der Waals surface area contributed by atoms with E-state index in [4.69, 9.17) is 0 Å². The number of benzene rings is 2. The Kier molecular flexibility index (Phi) is 7.28. The number of hydrogen-bond donors (Lipinski definition) is 1. The maximum atomic E-state index is 13.2. The summed E-state index contributed by atoms with van der Waals surface area (Å²) in [6, 6.07) is 14.4. The molecule has 2 aromatic rings. The van der Waals surface area contributed by atoms with Gasteiger partial charge in [-0.1, -0.05) is 48.4 Å². The van der Waals surface area contributed by atoms with Crippen LogP contribution in [0.2, 0.25) is 0 Å². The van der Waals surface area contributed by atoms with Crippen LogP contribution in [0.15, 0.2) is 53.4 Å². The Morgan fingerprint density at radius 3 is 2.34 bits per heavy atom. The van der Waals surface area contributed by atoms with Gasteiger partial charge in [-0.2, -0.15) is 4.31 Å². The fourth-order valence-electron chi connectivity index (χ4n) is 4.68. The summed E-state index contributed by atoms with van der Waals surface area (Å²) in [5.74, 6) is -0.217. The number of carbonyl (C=O) groups excluding carboxylic acids is 1. The van der Waals surface area contributed by atoms with Crippen LogP contribution in [0.3, 0.4) is 0 Å². The minimum absolute atomic E-state index is 0.217. The van der Waals surface area contributed by atoms with Gasteiger partial charge in [0.1, 0.15) is 6.04 Å². The van der Waals surface area contributed by atoms with Crippen molar-refractivity contribution in [2.24, 2.45) is 0 Å². The van der Waals surface area contributed by atoms with Gasteiger partial charge in [-0.15, -0.1) is 0 Å². The molecule has 2 saturated heterocycles. The fourth-order valence-corrected chi connectivity index (χ4v) is 6.33. The Morgan fingerprint density at radius 2 is 1.62 bits per heavy atom. The average molecular weight is 456 g/mol. The van der Waals surface area contributed by atoms with Gasteiger partial charge in [0.05, 0.1) is 4.90 Å². The van der Waals surface area contributed by atoms with E-state index in [9.17, 15) is 13.2 Å². The summed E-state index contributed by atoms with van der Waals surface area (Å²) in [6.07, 6.45) is 5.02. The number of sulfonamides is 1. The summed E-state index contributed by atoms with van der Waals surface area (Å²) in [5.41, 5.74) is 3.32. The van der Waals surface area contributed by atoms with E-state index in [2.05, 4.69) is 22.3 Å². The number of piperidine rings is 1. The van der Waals surface area contributed by atoms with Crippen LogP contribution in [-0.4, -0.2) is 49.2 Å². The number of hydrogen-bond acceptors (Lipinski definition) is 4. The second kappa shape index (κ2) is 10.1. The topological polar surface area (TPSA) is 69.7 Å². The lowest BCUT2D eigenvalue weighted by Gasteiger charge is -2.27. The van der Waals surface area contributed by atoms with Crippen molar-refractivity contribution in [3.63, 3.8) is 0 Å². The average Bonchev–Trinajstić information content (AvgIpc) is 3.30. The molecule has 0 aliphatic carbocycles. The van der Waals surface area contributed by atoms with E-state index in [0.29, 0.717) is 25.9 Å². The Bertz CT molecular complexity index is 1030. The predicted molar refractivity (Wildman–Crippen MR) is 126 cm³/mol. The van der Waals surface area contributed by atoms with Crippen molar-refractivity contribution in [2.75, 3.05) is 19.6 Å². The van der Waals surface area contributed by atoms with Gasteiger partial charge in [0.15, 0.2) is 0 Å². The summed E-state index contributed by atoms with van der Waals surface area (Å²) in [5, 5.41) is 3.02. The molecule has 2 fully saturated rings. The predicted octanol–water partition coefficient (Wildman–Crippen LogP) is 3.45. The molecule has 1 N–H and O–H groups in total. The summed E-state index contributed by atoms with van der Waals surface area (Å²) in [6.45, 7) is 5.84. The highest BCUT2D eigenvalue weighted by Gasteiger charge is 2.39. The molecule has 0 aromatic heterocycles. The highest BCUT2D eigenvalue weighted by atomic mass is 32.2. The summed E-state index contributed by atoms with van der Waals surface area (Å²) in [7, 11) is -3.69. The number of likely N-dealkylation sites (tertiary alicyclic amines) is 1. The van der Waals surface area contributed by atoms with Gasteiger partial charge < -0.3 is 5.32 Å². The van der Waals surface area contributed by atoms with Gasteiger partial charge in [0.25, 0.3) is 0 Å². The van der Waals surface area contributed by atoms with Crippen LogP contribution in [0, 0.1) is 6.92 Å². The van der Waals surface area contributed by atoms with Crippen molar-refractivity contribution in [1.29, 1.82) is 0 Å². The van der Waals surface area contributed by atoms with Crippen molar-refractivity contribution in [3.8, 4) is 0 Å². The number of carbonyl (C=O) groups is 1. The minimum Gasteiger partial charge on any atom is -0.351 e. The molecular weight excluding hydrogens is 422 g/mol. The summed E-state index contributed by atoms with van der Waals surface area (Å²) >= 11 is 0. The molecule has 0 unspecified atom stereocenters. The van der Waals surface area contributed by atoms with Crippen molar-refractivity contribution in [2.45, 2.75) is 63.1 Å². The molecule has 4 rings (SSSR count). The molecule has 7 heteroatoms. The smallest absolute Gasteiger partial charge is 0.243 e. The van der Waals surface area contributed by atoms with Crippen LogP contribution in [0.25, 0.3) is 0 Å². The van der Waals surface area contributed by atoms with Crippen LogP contribution < -0.4 is 5.32 Å². The summed E-state index contributed by atoms with van der Waals surface area (Å²) in [4.78, 5) is 15.7. The second-order valence-electron chi connectivity index (χ2n) is 8.91. The molecular formula is C25H33N3O3S. The molecule has 2 heterocycles. The highest BCUT2D eigenvalue weighted by molar-refractivity contribution is 7.89. The molecule has 0 spiro atoms. The van der Waals surface area contributed by atoms with E-state index < -0.39 is 16.1 Å². The maximum Gasteiger partial charge on any atom is 0.243 e. The van der Waals surface area contributed by atoms with Crippen LogP contribution in [0.1, 0.15) is 48.8 Å². The third-order valence-electron chi connectivity index (χ3n) is 6.55. The molecule has 2 aliphatic rings. The van der Waals surface area contributed by atoms with E-state index >= 15 is 0 Å². The molecule has 1 amide bonds. The van der Waals surface area contributed by atoms with Crippen LogP contribution >= 0.6 is 0 Å². The van der Waals surface area contributed by atoms with Crippen molar-refractivity contribution >= 4 is 15.9 Å². The van der Waals surface area contributed by atoms with E-state index in [1.54, 1.807) is 24.3 Å². The first kappa shape index (κ1) is 23.0. The molecule has 32 heavy (non-hydrogen) atoms. The molecule has 1 atom stereocenters. The van der Waals surface area contributed by atoms with Gasteiger partial charge in [0.2, 0.25) is 15.9 Å². The van der Waals surface area contributed by atoms with Gasteiger partial charge >= 0.3 is 0 Å².